The van der Waals surface area contributed by atoms with E-state index in [1.165, 1.54) is 11.3 Å². The molecule has 1 aliphatic rings. The van der Waals surface area contributed by atoms with E-state index in [1.54, 1.807) is 0 Å². The maximum Gasteiger partial charge on any atom is 0.391 e. The first-order valence-corrected chi connectivity index (χ1v) is 8.70. The molecule has 1 saturated carbocycles. The van der Waals surface area contributed by atoms with Crippen LogP contribution in [0.5, 0.6) is 0 Å². The third-order valence-electron chi connectivity index (χ3n) is 4.31. The molecule has 7 heteroatoms. The van der Waals surface area contributed by atoms with Crippen LogP contribution >= 0.6 is 11.3 Å². The first kappa shape index (κ1) is 17.0. The van der Waals surface area contributed by atoms with E-state index in [0.29, 0.717) is 18.0 Å². The van der Waals surface area contributed by atoms with E-state index in [4.69, 9.17) is 0 Å². The van der Waals surface area contributed by atoms with E-state index in [9.17, 15) is 18.0 Å². The highest BCUT2D eigenvalue weighted by molar-refractivity contribution is 7.14. The Morgan fingerprint density at radius 3 is 2.67 bits per heavy atom. The molecule has 3 nitrogen and oxygen atoms in total. The normalized spacial score (nSPS) is 21.5. The lowest BCUT2D eigenvalue weighted by Gasteiger charge is -2.29. The molecule has 0 spiro atoms. The van der Waals surface area contributed by atoms with Crippen molar-refractivity contribution in [1.29, 1.82) is 0 Å². The second kappa shape index (κ2) is 6.93. The number of carbonyl (C=O) groups excluding carboxylic acids is 1. The number of nitrogens with zero attached hydrogens (tertiary/aromatic N) is 1. The van der Waals surface area contributed by atoms with Crippen LogP contribution in [0.3, 0.4) is 0 Å². The molecule has 24 heavy (non-hydrogen) atoms. The fourth-order valence-electron chi connectivity index (χ4n) is 3.01. The molecule has 1 aromatic heterocycles. The lowest BCUT2D eigenvalue weighted by atomic mass is 9.80. The molecule has 3 rings (SSSR count). The predicted octanol–water partition coefficient (Wildman–Crippen LogP) is 5.12. The number of thiazole rings is 1. The Balaban J connectivity index is 1.64. The van der Waals surface area contributed by atoms with Crippen molar-refractivity contribution in [2.45, 2.75) is 31.9 Å². The summed E-state index contributed by atoms with van der Waals surface area (Å²) in [4.78, 5) is 16.6. The second-order valence-corrected chi connectivity index (χ2v) is 6.85. The molecule has 0 bridgehead atoms. The highest BCUT2D eigenvalue weighted by Crippen LogP contribution is 2.40. The Morgan fingerprint density at radius 1 is 1.21 bits per heavy atom. The Labute approximate surface area is 141 Å². The van der Waals surface area contributed by atoms with Gasteiger partial charge in [0.1, 0.15) is 0 Å². The average molecular weight is 354 g/mol. The van der Waals surface area contributed by atoms with Gasteiger partial charge in [-0.05, 0) is 19.3 Å². The van der Waals surface area contributed by atoms with E-state index in [2.05, 4.69) is 10.3 Å². The molecule has 1 aliphatic carbocycles. The smallest absolute Gasteiger partial charge is 0.302 e. The number of alkyl halides is 3. The first-order valence-electron chi connectivity index (χ1n) is 7.82. The zero-order valence-corrected chi connectivity index (χ0v) is 13.7. The molecule has 2 atom stereocenters. The quantitative estimate of drug-likeness (QED) is 0.831. The molecule has 128 valence electrons. The minimum Gasteiger partial charge on any atom is -0.302 e. The van der Waals surface area contributed by atoms with Gasteiger partial charge in [0.2, 0.25) is 5.91 Å². The molecule has 1 heterocycles. The van der Waals surface area contributed by atoms with Crippen molar-refractivity contribution in [2.24, 2.45) is 11.8 Å². The summed E-state index contributed by atoms with van der Waals surface area (Å²) in [6.07, 6.45) is -3.32. The fraction of sp³-hybridized carbons (Fsp3) is 0.412. The summed E-state index contributed by atoms with van der Waals surface area (Å²) in [5.74, 6) is -2.34. The number of benzene rings is 1. The summed E-state index contributed by atoms with van der Waals surface area (Å²) in [5.41, 5.74) is 1.68. The molecular formula is C17H17F3N2OS. The lowest BCUT2D eigenvalue weighted by Crippen LogP contribution is -2.34. The molecule has 1 amide bonds. The van der Waals surface area contributed by atoms with Crippen molar-refractivity contribution in [2.75, 3.05) is 5.32 Å². The Bertz CT molecular complexity index is 699. The van der Waals surface area contributed by atoms with Gasteiger partial charge in [-0.15, -0.1) is 11.3 Å². The van der Waals surface area contributed by atoms with Crippen LogP contribution < -0.4 is 5.32 Å². The Morgan fingerprint density at radius 2 is 1.96 bits per heavy atom. The highest BCUT2D eigenvalue weighted by Gasteiger charge is 2.43. The van der Waals surface area contributed by atoms with Gasteiger partial charge >= 0.3 is 6.18 Å². The van der Waals surface area contributed by atoms with Crippen molar-refractivity contribution in [1.82, 2.24) is 4.98 Å². The number of anilines is 1. The molecule has 0 radical (unpaired) electrons. The molecule has 1 N–H and O–H groups in total. The van der Waals surface area contributed by atoms with E-state index in [-0.39, 0.29) is 18.7 Å². The van der Waals surface area contributed by atoms with Crippen molar-refractivity contribution in [3.63, 3.8) is 0 Å². The van der Waals surface area contributed by atoms with Crippen molar-refractivity contribution in [3.05, 3.63) is 35.7 Å². The van der Waals surface area contributed by atoms with E-state index >= 15 is 0 Å². The Hall–Kier alpha value is -1.89. The predicted molar refractivity (Wildman–Crippen MR) is 87.7 cm³/mol. The van der Waals surface area contributed by atoms with Gasteiger partial charge in [-0.25, -0.2) is 4.98 Å². The summed E-state index contributed by atoms with van der Waals surface area (Å²) < 4.78 is 38.6. The highest BCUT2D eigenvalue weighted by atomic mass is 32.1. The van der Waals surface area contributed by atoms with E-state index in [1.807, 2.05) is 35.7 Å². The molecule has 2 aromatic rings. The molecule has 1 aromatic carbocycles. The monoisotopic (exact) mass is 354 g/mol. The van der Waals surface area contributed by atoms with E-state index < -0.39 is 18.0 Å². The van der Waals surface area contributed by atoms with Crippen molar-refractivity contribution >= 4 is 22.4 Å². The van der Waals surface area contributed by atoms with Gasteiger partial charge in [0, 0.05) is 16.9 Å². The number of nitrogens with one attached hydrogen (secondary N) is 1. The van der Waals surface area contributed by atoms with Crippen LogP contribution in [0.25, 0.3) is 11.3 Å². The lowest BCUT2D eigenvalue weighted by molar-refractivity contribution is -0.185. The van der Waals surface area contributed by atoms with Gasteiger partial charge in [-0.3, -0.25) is 4.79 Å². The topological polar surface area (TPSA) is 42.0 Å². The van der Waals surface area contributed by atoms with Gasteiger partial charge in [0.05, 0.1) is 11.6 Å². The van der Waals surface area contributed by atoms with Gasteiger partial charge in [0.25, 0.3) is 0 Å². The minimum absolute atomic E-state index is 0.114. The molecule has 0 aliphatic heterocycles. The summed E-state index contributed by atoms with van der Waals surface area (Å²) >= 11 is 1.28. The summed E-state index contributed by atoms with van der Waals surface area (Å²) in [5, 5.41) is 4.92. The number of aromatic nitrogens is 1. The molecule has 1 fully saturated rings. The second-order valence-electron chi connectivity index (χ2n) is 6.00. The zero-order valence-electron chi connectivity index (χ0n) is 12.8. The van der Waals surface area contributed by atoms with Crippen LogP contribution in [-0.2, 0) is 4.79 Å². The van der Waals surface area contributed by atoms with Crippen molar-refractivity contribution < 1.29 is 18.0 Å². The van der Waals surface area contributed by atoms with Crippen LogP contribution in [0.15, 0.2) is 35.7 Å². The fourth-order valence-corrected chi connectivity index (χ4v) is 3.73. The van der Waals surface area contributed by atoms with Crippen LogP contribution in [0, 0.1) is 11.8 Å². The van der Waals surface area contributed by atoms with Crippen molar-refractivity contribution in [3.8, 4) is 11.3 Å². The average Bonchev–Trinajstić information content (AvgIpc) is 3.03. The summed E-state index contributed by atoms with van der Waals surface area (Å²) in [6, 6.07) is 9.52. The third kappa shape index (κ3) is 3.95. The number of halogens is 3. The number of amides is 1. The molecule has 0 saturated heterocycles. The number of hydrogen-bond acceptors (Lipinski definition) is 3. The number of carbonyl (C=O) groups is 1. The number of rotatable bonds is 3. The van der Waals surface area contributed by atoms with Crippen LogP contribution in [-0.4, -0.2) is 17.1 Å². The van der Waals surface area contributed by atoms with Gasteiger partial charge in [-0.2, -0.15) is 13.2 Å². The number of hydrogen-bond donors (Lipinski definition) is 1. The first-order chi connectivity index (χ1) is 11.4. The maximum absolute atomic E-state index is 12.9. The van der Waals surface area contributed by atoms with Crippen LogP contribution in [0.4, 0.5) is 18.3 Å². The Kier molecular flexibility index (Phi) is 4.89. The van der Waals surface area contributed by atoms with Gasteiger partial charge in [0.15, 0.2) is 5.13 Å². The SMILES string of the molecule is O=C(Nc1nc(-c2ccccc2)cs1)C1CCCC(C(F)(F)F)C1. The van der Waals surface area contributed by atoms with Crippen LogP contribution in [0.1, 0.15) is 25.7 Å². The zero-order chi connectivity index (χ0) is 17.2. The minimum atomic E-state index is -4.22. The van der Waals surface area contributed by atoms with Crippen LogP contribution in [0.2, 0.25) is 0 Å². The van der Waals surface area contributed by atoms with E-state index in [0.717, 1.165) is 11.3 Å². The van der Waals surface area contributed by atoms with Gasteiger partial charge in [-0.1, -0.05) is 36.8 Å². The molecular weight excluding hydrogens is 337 g/mol. The van der Waals surface area contributed by atoms with Gasteiger partial charge < -0.3 is 5.32 Å². The third-order valence-corrected chi connectivity index (χ3v) is 5.07. The maximum atomic E-state index is 12.9. The summed E-state index contributed by atoms with van der Waals surface area (Å²) in [7, 11) is 0. The molecule has 2 unspecified atom stereocenters. The summed E-state index contributed by atoms with van der Waals surface area (Å²) in [6.45, 7) is 0. The standard InChI is InChI=1S/C17H17F3N2OS/c18-17(19,20)13-8-4-7-12(9-13)15(23)22-16-21-14(10-24-16)11-5-2-1-3-6-11/h1-3,5-6,10,12-13H,4,7-9H2,(H,21,22,23). The largest absolute Gasteiger partial charge is 0.391 e.